The van der Waals surface area contributed by atoms with E-state index in [-0.39, 0.29) is 102 Å². The Morgan fingerprint density at radius 2 is 1.24 bits per heavy atom. The number of amides is 8. The van der Waals surface area contributed by atoms with Crippen LogP contribution in [0.5, 0.6) is 0 Å². The zero-order valence-electron chi connectivity index (χ0n) is 60.6. The molecule has 6 heterocycles. The van der Waals surface area contributed by atoms with E-state index in [1.54, 1.807) is 44.2 Å². The first kappa shape index (κ1) is 81.5. The molecule has 2 aliphatic carbocycles. The first-order valence-electron chi connectivity index (χ1n) is 36.4. The molecule has 1 saturated carbocycles. The zero-order valence-corrected chi connectivity index (χ0v) is 60.6. The van der Waals surface area contributed by atoms with Gasteiger partial charge in [0.1, 0.15) is 31.8 Å². The number of carbonyl (C=O) groups excluding carboxylic acids is 9. The number of fused-ring (bicyclic) bond motifs is 4. The van der Waals surface area contributed by atoms with Gasteiger partial charge < -0.3 is 99.5 Å². The quantitative estimate of drug-likeness (QED) is 0.00976. The van der Waals surface area contributed by atoms with Crippen molar-refractivity contribution < 1.29 is 110 Å². The molecule has 1 fully saturated rings. The van der Waals surface area contributed by atoms with Gasteiger partial charge >= 0.3 is 5.97 Å². The van der Waals surface area contributed by atoms with Gasteiger partial charge in [-0.1, -0.05) is 37.3 Å². The summed E-state index contributed by atoms with van der Waals surface area (Å²) < 4.78 is 77.3. The highest BCUT2D eigenvalue weighted by molar-refractivity contribution is 6.13. The number of aliphatic hydroxyl groups is 2. The second kappa shape index (κ2) is 40.4. The van der Waals surface area contributed by atoms with Crippen LogP contribution < -0.4 is 48.1 Å². The van der Waals surface area contributed by atoms with Crippen LogP contribution in [-0.4, -0.2) is 248 Å². The molecule has 0 spiro atoms. The summed E-state index contributed by atoms with van der Waals surface area (Å²) in [6.07, 6.45) is 4.63. The number of cyclic esters (lactones) is 1. The van der Waals surface area contributed by atoms with Gasteiger partial charge in [-0.2, -0.15) is 0 Å². The molecule has 5 aliphatic rings. The number of imide groups is 1. The molecule has 3 aliphatic heterocycles. The summed E-state index contributed by atoms with van der Waals surface area (Å²) in [7, 11) is 0. The number of aryl methyl sites for hydroxylation is 1. The van der Waals surface area contributed by atoms with E-state index < -0.39 is 104 Å². The molecule has 10 rings (SSSR count). The third-order valence-electron chi connectivity index (χ3n) is 19.2. The van der Waals surface area contributed by atoms with Crippen molar-refractivity contribution in [2.24, 2.45) is 11.8 Å². The van der Waals surface area contributed by atoms with Crippen molar-refractivity contribution in [2.45, 2.75) is 95.8 Å². The normalized spacial score (nSPS) is 18.5. The minimum atomic E-state index is -2.14. The lowest BCUT2D eigenvalue weighted by Crippen LogP contribution is -2.52. The first-order chi connectivity index (χ1) is 52.3. The van der Waals surface area contributed by atoms with E-state index in [4.69, 9.17) is 57.1 Å². The number of hydrogen-bond acceptors (Lipinski definition) is 25. The van der Waals surface area contributed by atoms with E-state index in [1.807, 2.05) is 0 Å². The van der Waals surface area contributed by atoms with Crippen LogP contribution in [-0.2, 0) is 120 Å². The number of nitrogens with one attached hydrogen (secondary N) is 7. The number of esters is 1. The molecule has 34 heteroatoms. The van der Waals surface area contributed by atoms with Crippen molar-refractivity contribution in [2.75, 3.05) is 158 Å². The van der Waals surface area contributed by atoms with Gasteiger partial charge in [-0.25, -0.2) is 14.2 Å². The van der Waals surface area contributed by atoms with Crippen molar-refractivity contribution in [1.82, 2.24) is 51.5 Å². The summed E-state index contributed by atoms with van der Waals surface area (Å²) in [5.41, 5.74) is 0.684. The molecular formula is C74H95FN10O23. The lowest BCUT2D eigenvalue weighted by molar-refractivity contribution is -0.172. The van der Waals surface area contributed by atoms with Crippen LogP contribution >= 0.6 is 0 Å². The van der Waals surface area contributed by atoms with Crippen molar-refractivity contribution >= 4 is 86.2 Å². The molecule has 0 saturated heterocycles. The highest BCUT2D eigenvalue weighted by Crippen LogP contribution is 2.44. The van der Waals surface area contributed by atoms with Crippen LogP contribution in [0.2, 0.25) is 0 Å². The van der Waals surface area contributed by atoms with Gasteiger partial charge in [-0.15, -0.1) is 0 Å². The van der Waals surface area contributed by atoms with Gasteiger partial charge in [0.15, 0.2) is 11.9 Å². The van der Waals surface area contributed by atoms with Gasteiger partial charge in [0.05, 0.1) is 171 Å². The Morgan fingerprint density at radius 3 is 1.85 bits per heavy atom. The smallest absolute Gasteiger partial charge is 0.343 e. The van der Waals surface area contributed by atoms with Crippen LogP contribution in [0.15, 0.2) is 59.4 Å². The summed E-state index contributed by atoms with van der Waals surface area (Å²) in [5.74, 6) is -5.30. The summed E-state index contributed by atoms with van der Waals surface area (Å²) in [5, 5.41) is 43.4. The van der Waals surface area contributed by atoms with Crippen LogP contribution in [0.25, 0.3) is 33.0 Å². The number of ether oxygens (including phenoxy) is 11. The molecule has 586 valence electrons. The fourth-order valence-electron chi connectivity index (χ4n) is 13.5. The maximum absolute atomic E-state index is 15.4. The van der Waals surface area contributed by atoms with E-state index in [0.29, 0.717) is 146 Å². The Morgan fingerprint density at radius 1 is 0.676 bits per heavy atom. The number of rotatable bonds is 47. The topological polar surface area (TPSA) is 417 Å². The number of pyridine rings is 2. The molecule has 8 amide bonds. The molecule has 0 unspecified atom stereocenters. The van der Waals surface area contributed by atoms with Crippen molar-refractivity contribution in [1.29, 1.82) is 0 Å². The van der Waals surface area contributed by atoms with E-state index in [0.717, 1.165) is 36.8 Å². The third-order valence-corrected chi connectivity index (χ3v) is 19.2. The number of hydrogen-bond donors (Lipinski definition) is 9. The van der Waals surface area contributed by atoms with Crippen molar-refractivity contribution in [3.05, 3.63) is 110 Å². The van der Waals surface area contributed by atoms with Crippen molar-refractivity contribution in [3.8, 4) is 0 Å². The molecule has 0 bridgehead atoms. The van der Waals surface area contributed by atoms with E-state index >= 15 is 4.39 Å². The molecule has 9 N–H and O–H groups in total. The van der Waals surface area contributed by atoms with Crippen LogP contribution in [0.4, 0.5) is 4.39 Å². The average Bonchev–Trinajstić information content (AvgIpc) is 1.50. The molecule has 108 heavy (non-hydrogen) atoms. The average molecular weight is 1510 g/mol. The van der Waals surface area contributed by atoms with Gasteiger partial charge in [0.2, 0.25) is 35.4 Å². The fourth-order valence-corrected chi connectivity index (χ4v) is 13.5. The Labute approximate surface area is 620 Å². The summed E-state index contributed by atoms with van der Waals surface area (Å²) >= 11 is 0. The van der Waals surface area contributed by atoms with Crippen molar-refractivity contribution in [3.63, 3.8) is 0 Å². The van der Waals surface area contributed by atoms with Crippen LogP contribution in [0.1, 0.15) is 84.9 Å². The lowest BCUT2D eigenvalue weighted by Gasteiger charge is -2.33. The predicted octanol–water partition coefficient (Wildman–Crippen LogP) is -0.998. The number of halogens is 1. The summed E-state index contributed by atoms with van der Waals surface area (Å²) in [6.45, 7) is 6.97. The second-order valence-electron chi connectivity index (χ2n) is 26.4. The van der Waals surface area contributed by atoms with Crippen LogP contribution in [0, 0.1) is 24.6 Å². The second-order valence-corrected chi connectivity index (χ2v) is 26.4. The Kier molecular flexibility index (Phi) is 30.5. The summed E-state index contributed by atoms with van der Waals surface area (Å²) in [6, 6.07) is 9.86. The third kappa shape index (κ3) is 21.5. The zero-order chi connectivity index (χ0) is 76.5. The predicted molar refractivity (Wildman–Crippen MR) is 381 cm³/mol. The number of carbonyl (C=O) groups is 9. The number of nitrogens with zero attached hydrogens (tertiary/aromatic N) is 3. The molecule has 2 aromatic carbocycles. The van der Waals surface area contributed by atoms with Gasteiger partial charge in [0, 0.05) is 60.0 Å². The monoisotopic (exact) mass is 1510 g/mol. The molecular weight excluding hydrogens is 1420 g/mol. The van der Waals surface area contributed by atoms with E-state index in [1.165, 1.54) is 33.6 Å². The SMILES string of the molecule is CC[C@@]1(O)C(=O)OCc2c1cc1c3nc4cc(F)c(C)c5c4c4c3c(n1c2=O)=C([C@@H](O)OCNC(=O)CNC(=O)[C@H](Cc1ccccc1)NC(=O)CNC(=O)CNC(=O)COCCOCCOCCOCCOCCOCCOCCOCCOCCNC(=O)[C@H]1CC[C@H](CN2C(=O)C=CC2=O)CC1)N[C@H]4CC5. The standard InChI is InChI=1S/C74H95FN10O23/c1-3-74(97)51-36-56-66-65-64-53(14-13-49-45(2)52(75)37-54(83-66)63(49)64)82-67(68(65)85(56)71(94)50(51)42-107-73(74)96)72(95)108-44-80-58(87)39-79-70(93)55(35-46-7-5-4-6-8-46)81-59(88)40-77-57(86)38-78-60(89)43-106-34-33-105-32-31-104-30-29-103-28-27-102-26-25-101-24-23-100-22-21-99-20-19-98-18-17-76-69(92)48-11-9-47(10-12-48)41-84-61(90)15-16-62(84)91/h4-8,15-16,36-37,47-48,53,55,72,82,95,97H,3,9-14,17-35,38-44H2,1-2H3,(H,76,92)(H,77,86)(H,78,89)(H,79,93)(H,80,87)(H,81,88)/t47-,48-,53-,55-,72-,74-/m0/s1. The molecule has 5 aromatic rings. The van der Waals surface area contributed by atoms with Gasteiger partial charge in [0.25, 0.3) is 17.4 Å². The largest absolute Gasteiger partial charge is 0.458 e. The number of aromatic nitrogens is 2. The Bertz CT molecular complexity index is 4160. The number of aliphatic hydroxyl groups excluding tert-OH is 1. The molecule has 0 radical (unpaired) electrons. The highest BCUT2D eigenvalue weighted by Gasteiger charge is 2.46. The molecule has 33 nitrogen and oxygen atoms in total. The van der Waals surface area contributed by atoms with Gasteiger partial charge in [-0.05, 0) is 86.1 Å². The maximum atomic E-state index is 15.4. The summed E-state index contributed by atoms with van der Waals surface area (Å²) in [4.78, 5) is 135. The Balaban J connectivity index is 0.523. The van der Waals surface area contributed by atoms with E-state index in [9.17, 15) is 58.2 Å². The Hall–Kier alpha value is -9.04. The van der Waals surface area contributed by atoms with E-state index in [2.05, 4.69) is 37.2 Å². The highest BCUT2D eigenvalue weighted by atomic mass is 19.1. The number of benzene rings is 2. The fraction of sp³-hybridized carbons (Fsp3) is 0.554. The minimum absolute atomic E-state index is 0.000792. The minimum Gasteiger partial charge on any atom is -0.458 e. The van der Waals surface area contributed by atoms with Crippen LogP contribution in [0.3, 0.4) is 0 Å². The molecule has 4 atom stereocenters. The first-order valence-corrected chi connectivity index (χ1v) is 36.4. The molecule has 3 aromatic heterocycles. The van der Waals surface area contributed by atoms with Gasteiger partial charge in [-0.3, -0.25) is 52.5 Å². The lowest BCUT2D eigenvalue weighted by atomic mass is 9.81. The maximum Gasteiger partial charge on any atom is 0.343 e.